The summed E-state index contributed by atoms with van der Waals surface area (Å²) in [5, 5.41) is 12.6. The van der Waals surface area contributed by atoms with Crippen LogP contribution < -0.4 is 40.0 Å². The predicted octanol–water partition coefficient (Wildman–Crippen LogP) is -4.10. The van der Waals surface area contributed by atoms with Gasteiger partial charge < -0.3 is 15.2 Å². The van der Waals surface area contributed by atoms with Crippen molar-refractivity contribution in [1.29, 1.82) is 0 Å². The van der Waals surface area contributed by atoms with Gasteiger partial charge in [-0.15, -0.1) is 6.58 Å². The molecule has 0 aromatic carbocycles. The number of hydrogen-bond donors (Lipinski definition) is 1. The number of carboxylic acids is 1. The van der Waals surface area contributed by atoms with Gasteiger partial charge >= 0.3 is 29.6 Å². The molecule has 0 aliphatic carbocycles. The maximum atomic E-state index is 10.00. The molecule has 3 nitrogen and oxygen atoms in total. The summed E-state index contributed by atoms with van der Waals surface area (Å²) in [6.07, 6.45) is 1.60. The normalized spacial score (nSPS) is 11.3. The minimum Gasteiger partial charge on any atom is -0.548 e. The number of aliphatic carboxylic acids is 1. The maximum absolute atomic E-state index is 10.00. The average molecular weight is 151 g/mol. The Morgan fingerprint density at radius 2 is 2.40 bits per heavy atom. The molecule has 0 heterocycles. The van der Waals surface area contributed by atoms with E-state index in [1.165, 1.54) is 6.92 Å². The topological polar surface area (TPSA) is 52.2 Å². The van der Waals surface area contributed by atoms with Crippen LogP contribution in [-0.4, -0.2) is 18.6 Å². The minimum atomic E-state index is -1.09. The Balaban J connectivity index is 0. The Labute approximate surface area is 82.8 Å². The number of hydrogen-bond acceptors (Lipinski definition) is 3. The van der Waals surface area contributed by atoms with Gasteiger partial charge in [0.25, 0.3) is 0 Å². The van der Waals surface area contributed by atoms with Gasteiger partial charge in [0.15, 0.2) is 0 Å². The van der Waals surface area contributed by atoms with E-state index >= 15 is 0 Å². The molecule has 0 saturated heterocycles. The van der Waals surface area contributed by atoms with Crippen LogP contribution in [-0.2, 0) is 4.79 Å². The fourth-order valence-corrected chi connectivity index (χ4v) is 0.343. The molecule has 4 heteroatoms. The van der Waals surface area contributed by atoms with E-state index in [0.717, 1.165) is 0 Å². The monoisotopic (exact) mass is 151 g/mol. The third-order valence-corrected chi connectivity index (χ3v) is 0.922. The largest absolute Gasteiger partial charge is 1.00 e. The third-order valence-electron chi connectivity index (χ3n) is 0.922. The second kappa shape index (κ2) is 7.28. The van der Waals surface area contributed by atoms with Crippen LogP contribution in [0.3, 0.4) is 0 Å². The summed E-state index contributed by atoms with van der Waals surface area (Å²) in [5.74, 6) is -1.09. The molecule has 0 aromatic rings. The van der Waals surface area contributed by atoms with Crippen molar-refractivity contribution in [3.8, 4) is 0 Å². The SMILES string of the molecule is C=CCNC(C)C(=O)[O-].[Na+]. The van der Waals surface area contributed by atoms with Crippen molar-refractivity contribution in [3.05, 3.63) is 12.7 Å². The molecule has 1 unspecified atom stereocenters. The summed E-state index contributed by atoms with van der Waals surface area (Å²) in [6, 6.07) is -0.594. The zero-order valence-electron chi connectivity index (χ0n) is 6.39. The third kappa shape index (κ3) is 6.29. The van der Waals surface area contributed by atoms with Crippen LogP contribution >= 0.6 is 0 Å². The molecule has 0 aliphatic heterocycles. The molecule has 0 saturated carbocycles. The summed E-state index contributed by atoms with van der Waals surface area (Å²) in [7, 11) is 0. The number of rotatable bonds is 4. The van der Waals surface area contributed by atoms with Gasteiger partial charge in [-0.05, 0) is 6.92 Å². The summed E-state index contributed by atoms with van der Waals surface area (Å²) < 4.78 is 0. The molecule has 0 fully saturated rings. The van der Waals surface area contributed by atoms with Crippen LogP contribution in [0.15, 0.2) is 12.7 Å². The van der Waals surface area contributed by atoms with Crippen LogP contribution in [0.1, 0.15) is 6.92 Å². The van der Waals surface area contributed by atoms with Crippen molar-refractivity contribution in [2.24, 2.45) is 0 Å². The molecular weight excluding hydrogens is 141 g/mol. The molecule has 0 rings (SSSR count). The Morgan fingerprint density at radius 1 is 1.90 bits per heavy atom. The summed E-state index contributed by atoms with van der Waals surface area (Å²) in [6.45, 7) is 5.44. The molecule has 0 amide bonds. The van der Waals surface area contributed by atoms with Crippen LogP contribution in [0.25, 0.3) is 0 Å². The molecule has 52 valence electrons. The first-order valence-electron chi connectivity index (χ1n) is 2.73. The first-order chi connectivity index (χ1) is 4.18. The molecule has 1 atom stereocenters. The van der Waals surface area contributed by atoms with E-state index in [-0.39, 0.29) is 29.6 Å². The maximum Gasteiger partial charge on any atom is 1.00 e. The molecule has 0 radical (unpaired) electrons. The Hall–Kier alpha value is 0.170. The molecule has 0 aromatic heterocycles. The van der Waals surface area contributed by atoms with Crippen LogP contribution in [0.4, 0.5) is 0 Å². The fraction of sp³-hybridized carbons (Fsp3) is 0.500. The van der Waals surface area contributed by atoms with Gasteiger partial charge in [0.1, 0.15) is 0 Å². The first-order valence-corrected chi connectivity index (χ1v) is 2.73. The summed E-state index contributed by atoms with van der Waals surface area (Å²) in [5.41, 5.74) is 0. The van der Waals surface area contributed by atoms with Crippen molar-refractivity contribution < 1.29 is 39.5 Å². The Bertz CT molecular complexity index is 116. The summed E-state index contributed by atoms with van der Waals surface area (Å²) in [4.78, 5) is 10.00. The minimum absolute atomic E-state index is 0. The molecule has 0 bridgehead atoms. The second-order valence-corrected chi connectivity index (χ2v) is 1.74. The number of nitrogens with one attached hydrogen (secondary N) is 1. The van der Waals surface area contributed by atoms with Crippen molar-refractivity contribution in [1.82, 2.24) is 5.32 Å². The molecule has 0 spiro atoms. The zero-order valence-corrected chi connectivity index (χ0v) is 8.39. The van der Waals surface area contributed by atoms with E-state index in [0.29, 0.717) is 6.54 Å². The average Bonchev–Trinajstić information content (AvgIpc) is 1.82. The number of carbonyl (C=O) groups excluding carboxylic acids is 1. The second-order valence-electron chi connectivity index (χ2n) is 1.74. The Kier molecular flexibility index (Phi) is 9.33. The standard InChI is InChI=1S/C6H11NO2.Na/c1-3-4-7-5(2)6(8)9;/h3,5,7H,1,4H2,2H3,(H,8,9);/q;+1/p-1. The van der Waals surface area contributed by atoms with E-state index < -0.39 is 12.0 Å². The van der Waals surface area contributed by atoms with Crippen LogP contribution in [0, 0.1) is 0 Å². The van der Waals surface area contributed by atoms with Crippen LogP contribution in [0.5, 0.6) is 0 Å². The van der Waals surface area contributed by atoms with Gasteiger partial charge in [0.05, 0.1) is 5.97 Å². The smallest absolute Gasteiger partial charge is 0.548 e. The van der Waals surface area contributed by atoms with Gasteiger partial charge in [0, 0.05) is 12.6 Å². The molecule has 10 heavy (non-hydrogen) atoms. The number of carbonyl (C=O) groups is 1. The first kappa shape index (κ1) is 12.8. The quantitative estimate of drug-likeness (QED) is 0.328. The summed E-state index contributed by atoms with van der Waals surface area (Å²) >= 11 is 0. The van der Waals surface area contributed by atoms with E-state index in [9.17, 15) is 9.90 Å². The van der Waals surface area contributed by atoms with Gasteiger partial charge in [-0.2, -0.15) is 0 Å². The Morgan fingerprint density at radius 3 is 2.70 bits per heavy atom. The fourth-order valence-electron chi connectivity index (χ4n) is 0.343. The van der Waals surface area contributed by atoms with Gasteiger partial charge in [0.2, 0.25) is 0 Å². The van der Waals surface area contributed by atoms with Gasteiger partial charge in [-0.25, -0.2) is 0 Å². The van der Waals surface area contributed by atoms with Gasteiger partial charge in [-0.3, -0.25) is 0 Å². The van der Waals surface area contributed by atoms with Crippen molar-refractivity contribution in [2.45, 2.75) is 13.0 Å². The van der Waals surface area contributed by atoms with Crippen LogP contribution in [0.2, 0.25) is 0 Å². The predicted molar refractivity (Wildman–Crippen MR) is 32.7 cm³/mol. The van der Waals surface area contributed by atoms with E-state index in [2.05, 4.69) is 11.9 Å². The van der Waals surface area contributed by atoms with E-state index in [4.69, 9.17) is 0 Å². The van der Waals surface area contributed by atoms with Crippen molar-refractivity contribution in [2.75, 3.05) is 6.54 Å². The van der Waals surface area contributed by atoms with E-state index in [1.807, 2.05) is 0 Å². The molecule has 1 N–H and O–H groups in total. The molecule has 0 aliphatic rings. The van der Waals surface area contributed by atoms with Crippen molar-refractivity contribution in [3.63, 3.8) is 0 Å². The van der Waals surface area contributed by atoms with Crippen molar-refractivity contribution >= 4 is 5.97 Å². The van der Waals surface area contributed by atoms with E-state index in [1.54, 1.807) is 6.08 Å². The molecular formula is C6H10NNaO2. The van der Waals surface area contributed by atoms with Gasteiger partial charge in [-0.1, -0.05) is 6.08 Å². The zero-order chi connectivity index (χ0) is 7.28. The number of carboxylic acid groups (broad SMARTS) is 1.